The van der Waals surface area contributed by atoms with Crippen LogP contribution < -0.4 is 10.6 Å². The van der Waals surface area contributed by atoms with E-state index in [1.54, 1.807) is 41.0 Å². The number of carbonyl (C=O) groups is 3. The largest absolute Gasteiger partial charge is 0.352 e. The molecular formula is C25H27F2N5O3. The first-order valence-corrected chi connectivity index (χ1v) is 11.5. The number of fused-ring (bicyclic) bond motifs is 5. The first-order chi connectivity index (χ1) is 16.8. The van der Waals surface area contributed by atoms with Gasteiger partial charge in [0.15, 0.2) is 0 Å². The second-order valence-electron chi connectivity index (χ2n) is 8.69. The van der Waals surface area contributed by atoms with Gasteiger partial charge in [-0.15, -0.1) is 0 Å². The van der Waals surface area contributed by atoms with Gasteiger partial charge < -0.3 is 14.8 Å². The number of halogens is 2. The Morgan fingerprint density at radius 3 is 2.60 bits per heavy atom. The molecule has 1 aliphatic heterocycles. The van der Waals surface area contributed by atoms with E-state index in [2.05, 4.69) is 15.6 Å². The number of benzene rings is 2. The summed E-state index contributed by atoms with van der Waals surface area (Å²) in [5.41, 5.74) is 1.86. The lowest BCUT2D eigenvalue weighted by Gasteiger charge is -2.21. The molecule has 3 aromatic rings. The van der Waals surface area contributed by atoms with Crippen LogP contribution in [0.3, 0.4) is 0 Å². The van der Waals surface area contributed by atoms with Crippen molar-refractivity contribution in [1.82, 2.24) is 19.8 Å². The molecule has 0 fully saturated rings. The lowest BCUT2D eigenvalue weighted by Crippen LogP contribution is -2.31. The van der Waals surface area contributed by atoms with Crippen LogP contribution in [0.1, 0.15) is 63.3 Å². The average molecular weight is 484 g/mol. The van der Waals surface area contributed by atoms with Gasteiger partial charge in [-0.2, -0.15) is 0 Å². The monoisotopic (exact) mass is 483 g/mol. The number of rotatable bonds is 3. The Bertz CT molecular complexity index is 1270. The van der Waals surface area contributed by atoms with Crippen LogP contribution in [0.4, 0.5) is 14.7 Å². The normalized spacial score (nSPS) is 16.9. The lowest BCUT2D eigenvalue weighted by atomic mass is 10.1. The third-order valence-corrected chi connectivity index (χ3v) is 6.09. The van der Waals surface area contributed by atoms with E-state index in [9.17, 15) is 23.2 Å². The highest BCUT2D eigenvalue weighted by Crippen LogP contribution is 2.31. The van der Waals surface area contributed by atoms with Gasteiger partial charge in [-0.25, -0.2) is 13.8 Å². The molecule has 0 saturated heterocycles. The van der Waals surface area contributed by atoms with E-state index < -0.39 is 24.8 Å². The maximum Gasteiger partial charge on any atom is 0.257 e. The molecule has 8 nitrogen and oxygen atoms in total. The van der Waals surface area contributed by atoms with E-state index in [-0.39, 0.29) is 29.0 Å². The number of hydrogen-bond acceptors (Lipinski definition) is 4. The molecule has 0 aliphatic carbocycles. The fourth-order valence-corrected chi connectivity index (χ4v) is 4.31. The molecule has 2 bridgehead atoms. The number of nitrogens with zero attached hydrogens (tertiary/aromatic N) is 3. The maximum absolute atomic E-state index is 13.1. The summed E-state index contributed by atoms with van der Waals surface area (Å²) in [6, 6.07) is 11.2. The molecule has 1 aromatic heterocycles. The van der Waals surface area contributed by atoms with Gasteiger partial charge in [0, 0.05) is 30.8 Å². The second kappa shape index (κ2) is 10.2. The van der Waals surface area contributed by atoms with Crippen LogP contribution in [0.15, 0.2) is 42.5 Å². The predicted molar refractivity (Wildman–Crippen MR) is 128 cm³/mol. The summed E-state index contributed by atoms with van der Waals surface area (Å²) in [5, 5.41) is 5.69. The molecule has 2 heterocycles. The van der Waals surface area contributed by atoms with Crippen molar-refractivity contribution in [3.8, 4) is 0 Å². The van der Waals surface area contributed by atoms with Crippen LogP contribution >= 0.6 is 0 Å². The standard InChI is InChI=1S/C25H27F2N5O3/c1-15-7-3-4-12-28-22(33)16-8-5-9-17(13-16)23(34)30-25-29-19-11-6-10-18(21(19)32(15)25)24(35)31(2)14-20(26)27/h5-6,8-11,13,15,20H,3-4,7,12,14H2,1-2H3,(H,28,33)(H,29,30,34)/t15-/m0/s1. The molecule has 4 rings (SSSR count). The van der Waals surface area contributed by atoms with E-state index >= 15 is 0 Å². The summed E-state index contributed by atoms with van der Waals surface area (Å²) in [7, 11) is 1.33. The Morgan fingerprint density at radius 2 is 1.86 bits per heavy atom. The van der Waals surface area contributed by atoms with Crippen LogP contribution in [0, 0.1) is 0 Å². The number of nitrogens with one attached hydrogen (secondary N) is 2. The van der Waals surface area contributed by atoms with E-state index in [0.29, 0.717) is 29.6 Å². The van der Waals surface area contributed by atoms with Gasteiger partial charge >= 0.3 is 0 Å². The molecule has 1 atom stereocenters. The Kier molecular flexibility index (Phi) is 7.09. The zero-order valence-corrected chi connectivity index (χ0v) is 19.6. The number of amides is 3. The highest BCUT2D eigenvalue weighted by Gasteiger charge is 2.25. The molecule has 10 heteroatoms. The van der Waals surface area contributed by atoms with Gasteiger partial charge in [-0.1, -0.05) is 12.1 Å². The smallest absolute Gasteiger partial charge is 0.257 e. The maximum atomic E-state index is 13.1. The molecular weight excluding hydrogens is 456 g/mol. The van der Waals surface area contributed by atoms with Crippen LogP contribution in [0.25, 0.3) is 11.0 Å². The fourth-order valence-electron chi connectivity index (χ4n) is 4.31. The summed E-state index contributed by atoms with van der Waals surface area (Å²) in [5.74, 6) is -0.996. The lowest BCUT2D eigenvalue weighted by molar-refractivity contribution is 0.0621. The number of aromatic nitrogens is 2. The summed E-state index contributed by atoms with van der Waals surface area (Å²) in [6.45, 7) is 1.75. The minimum atomic E-state index is -2.66. The fraction of sp³-hybridized carbons (Fsp3) is 0.360. The molecule has 0 unspecified atom stereocenters. The number of imidazole rings is 1. The zero-order valence-electron chi connectivity index (χ0n) is 19.6. The minimum Gasteiger partial charge on any atom is -0.352 e. The third kappa shape index (κ3) is 5.16. The Hall–Kier alpha value is -3.82. The molecule has 2 aromatic carbocycles. The van der Waals surface area contributed by atoms with Crippen molar-refractivity contribution < 1.29 is 23.2 Å². The summed E-state index contributed by atoms with van der Waals surface area (Å²) in [4.78, 5) is 44.2. The van der Waals surface area contributed by atoms with Crippen molar-refractivity contribution in [2.45, 2.75) is 38.7 Å². The topological polar surface area (TPSA) is 96.3 Å². The van der Waals surface area contributed by atoms with Crippen molar-refractivity contribution in [3.05, 3.63) is 59.2 Å². The molecule has 3 amide bonds. The van der Waals surface area contributed by atoms with Crippen molar-refractivity contribution in [2.24, 2.45) is 0 Å². The highest BCUT2D eigenvalue weighted by molar-refractivity contribution is 6.08. The van der Waals surface area contributed by atoms with Crippen LogP contribution in [-0.4, -0.2) is 58.7 Å². The van der Waals surface area contributed by atoms with Crippen LogP contribution in [0.2, 0.25) is 0 Å². The molecule has 0 saturated carbocycles. The van der Waals surface area contributed by atoms with Crippen molar-refractivity contribution >= 4 is 34.7 Å². The zero-order chi connectivity index (χ0) is 25.1. The van der Waals surface area contributed by atoms with Crippen molar-refractivity contribution in [3.63, 3.8) is 0 Å². The van der Waals surface area contributed by atoms with Gasteiger partial charge in [0.25, 0.3) is 24.1 Å². The summed E-state index contributed by atoms with van der Waals surface area (Å²) in [6.07, 6.45) is -0.454. The number of alkyl halides is 2. The Morgan fingerprint density at radius 1 is 1.14 bits per heavy atom. The minimum absolute atomic E-state index is 0.172. The first kappa shape index (κ1) is 24.3. The van der Waals surface area contributed by atoms with Crippen LogP contribution in [0.5, 0.6) is 0 Å². The van der Waals surface area contributed by atoms with E-state index in [1.807, 2.05) is 6.92 Å². The Labute approximate surface area is 201 Å². The summed E-state index contributed by atoms with van der Waals surface area (Å²) < 4.78 is 27.7. The first-order valence-electron chi connectivity index (χ1n) is 11.5. The second-order valence-corrected chi connectivity index (χ2v) is 8.69. The SMILES string of the molecule is C[C@H]1CCCCNC(=O)c2cccc(c2)C(=O)Nc2nc3cccc(C(=O)N(C)CC(F)F)c3n21. The number of para-hydroxylation sites is 1. The van der Waals surface area contributed by atoms with Gasteiger partial charge in [0.05, 0.1) is 23.1 Å². The quantitative estimate of drug-likeness (QED) is 0.586. The molecule has 2 N–H and O–H groups in total. The van der Waals surface area contributed by atoms with Gasteiger partial charge in [0.2, 0.25) is 5.95 Å². The van der Waals surface area contributed by atoms with E-state index in [4.69, 9.17) is 0 Å². The van der Waals surface area contributed by atoms with Gasteiger partial charge in [0.1, 0.15) is 0 Å². The highest BCUT2D eigenvalue weighted by atomic mass is 19.3. The number of carbonyl (C=O) groups excluding carboxylic acids is 3. The number of hydrogen-bond donors (Lipinski definition) is 2. The van der Waals surface area contributed by atoms with Crippen molar-refractivity contribution in [2.75, 3.05) is 25.5 Å². The van der Waals surface area contributed by atoms with Crippen LogP contribution in [-0.2, 0) is 0 Å². The molecule has 1 aliphatic rings. The van der Waals surface area contributed by atoms with E-state index in [1.165, 1.54) is 13.1 Å². The summed E-state index contributed by atoms with van der Waals surface area (Å²) >= 11 is 0. The average Bonchev–Trinajstić information content (AvgIpc) is 3.20. The van der Waals surface area contributed by atoms with Gasteiger partial charge in [-0.05, 0) is 56.5 Å². The Balaban J connectivity index is 1.82. The molecule has 35 heavy (non-hydrogen) atoms. The molecule has 0 radical (unpaired) electrons. The van der Waals surface area contributed by atoms with Crippen molar-refractivity contribution in [1.29, 1.82) is 0 Å². The third-order valence-electron chi connectivity index (χ3n) is 6.09. The molecule has 0 spiro atoms. The van der Waals surface area contributed by atoms with Gasteiger partial charge in [-0.3, -0.25) is 19.7 Å². The van der Waals surface area contributed by atoms with E-state index in [0.717, 1.165) is 17.7 Å². The predicted octanol–water partition coefficient (Wildman–Crippen LogP) is 4.10. The molecule has 184 valence electrons. The number of anilines is 1.